The highest BCUT2D eigenvalue weighted by molar-refractivity contribution is 6.28. The van der Waals surface area contributed by atoms with Crippen LogP contribution in [0.5, 0.6) is 0 Å². The molecule has 4 heteroatoms. The number of nitrogens with zero attached hydrogens (tertiary/aromatic N) is 2. The van der Waals surface area contributed by atoms with Gasteiger partial charge in [-0.3, -0.25) is 0 Å². The Morgan fingerprint density at radius 2 is 2.13 bits per heavy atom. The Balaban J connectivity index is 3.08. The molecule has 15 heavy (non-hydrogen) atoms. The molecule has 0 saturated carbocycles. The van der Waals surface area contributed by atoms with E-state index in [1.54, 1.807) is 0 Å². The average molecular weight is 226 g/mol. The Bertz CT molecular complexity index is 372. The van der Waals surface area contributed by atoms with Gasteiger partial charge in [0.2, 0.25) is 0 Å². The molecule has 0 radical (unpaired) electrons. The van der Waals surface area contributed by atoms with E-state index >= 15 is 0 Å². The first-order valence-electron chi connectivity index (χ1n) is 4.71. The number of anilines is 1. The third-order valence-electron chi connectivity index (χ3n) is 2.08. The van der Waals surface area contributed by atoms with Gasteiger partial charge in [-0.05, 0) is 24.6 Å². The number of aliphatic imine (C=N–C) groups is 1. The lowest BCUT2D eigenvalue weighted by Crippen LogP contribution is -2.12. The minimum absolute atomic E-state index is 0.255. The molecule has 0 amide bonds. The standard InChI is InChI=1S/C11H16ClN3/c1-8-4-5-9(14-11(13)7-12)6-10(8)15(2)3/h4-6H,7H2,1-3H3,(H2,13,14). The second-order valence-electron chi connectivity index (χ2n) is 3.60. The number of hydrogen-bond acceptors (Lipinski definition) is 2. The number of halogens is 1. The largest absolute Gasteiger partial charge is 0.386 e. The molecule has 0 atom stereocenters. The maximum atomic E-state index is 5.57. The number of benzene rings is 1. The highest BCUT2D eigenvalue weighted by Crippen LogP contribution is 2.24. The van der Waals surface area contributed by atoms with E-state index < -0.39 is 0 Å². The second-order valence-corrected chi connectivity index (χ2v) is 3.87. The molecule has 82 valence electrons. The van der Waals surface area contributed by atoms with Crippen LogP contribution in [-0.2, 0) is 0 Å². The van der Waals surface area contributed by atoms with Crippen molar-refractivity contribution < 1.29 is 0 Å². The van der Waals surface area contributed by atoms with Gasteiger partial charge in [0.25, 0.3) is 0 Å². The van der Waals surface area contributed by atoms with Gasteiger partial charge in [-0.15, -0.1) is 11.6 Å². The third-order valence-corrected chi connectivity index (χ3v) is 2.36. The fourth-order valence-corrected chi connectivity index (χ4v) is 1.40. The van der Waals surface area contributed by atoms with Crippen molar-refractivity contribution in [3.63, 3.8) is 0 Å². The molecule has 0 aromatic heterocycles. The number of rotatable bonds is 3. The maximum absolute atomic E-state index is 5.57. The minimum atomic E-state index is 0.255. The lowest BCUT2D eigenvalue weighted by molar-refractivity contribution is 1.11. The van der Waals surface area contributed by atoms with Crippen molar-refractivity contribution in [2.45, 2.75) is 6.92 Å². The number of hydrogen-bond donors (Lipinski definition) is 1. The fraction of sp³-hybridized carbons (Fsp3) is 0.364. The van der Waals surface area contributed by atoms with Crippen molar-refractivity contribution in [3.05, 3.63) is 23.8 Å². The van der Waals surface area contributed by atoms with Gasteiger partial charge in [0, 0.05) is 19.8 Å². The summed E-state index contributed by atoms with van der Waals surface area (Å²) in [6.45, 7) is 2.06. The summed E-state index contributed by atoms with van der Waals surface area (Å²) in [6, 6.07) is 5.95. The quantitative estimate of drug-likeness (QED) is 0.487. The molecule has 3 nitrogen and oxygen atoms in total. The van der Waals surface area contributed by atoms with Crippen LogP contribution in [-0.4, -0.2) is 25.8 Å². The molecule has 0 heterocycles. The molecular formula is C11H16ClN3. The van der Waals surface area contributed by atoms with Gasteiger partial charge in [0.1, 0.15) is 5.84 Å². The summed E-state index contributed by atoms with van der Waals surface area (Å²) in [4.78, 5) is 6.24. The third kappa shape index (κ3) is 3.13. The predicted octanol–water partition coefficient (Wildman–Crippen LogP) is 2.29. The smallest absolute Gasteiger partial charge is 0.115 e. The second kappa shape index (κ2) is 5.03. The number of alkyl halides is 1. The van der Waals surface area contributed by atoms with Crippen molar-refractivity contribution in [1.82, 2.24) is 0 Å². The van der Waals surface area contributed by atoms with Crippen molar-refractivity contribution in [2.75, 3.05) is 24.9 Å². The SMILES string of the molecule is Cc1ccc(N=C(N)CCl)cc1N(C)C. The van der Waals surface area contributed by atoms with Crippen LogP contribution in [0, 0.1) is 6.92 Å². The lowest BCUT2D eigenvalue weighted by atomic mass is 10.1. The number of aryl methyl sites for hydroxylation is 1. The molecule has 0 saturated heterocycles. The van der Waals surface area contributed by atoms with Crippen LogP contribution >= 0.6 is 11.6 Å². The van der Waals surface area contributed by atoms with E-state index in [4.69, 9.17) is 17.3 Å². The normalized spacial score (nSPS) is 11.6. The lowest BCUT2D eigenvalue weighted by Gasteiger charge is -2.15. The van der Waals surface area contributed by atoms with Gasteiger partial charge < -0.3 is 10.6 Å². The monoisotopic (exact) mass is 225 g/mol. The Morgan fingerprint density at radius 3 is 2.67 bits per heavy atom. The summed E-state index contributed by atoms with van der Waals surface area (Å²) in [7, 11) is 4.00. The molecule has 1 aromatic rings. The zero-order valence-corrected chi connectivity index (χ0v) is 10.0. The van der Waals surface area contributed by atoms with Crippen molar-refractivity contribution >= 4 is 28.8 Å². The van der Waals surface area contributed by atoms with Crippen LogP contribution in [0.2, 0.25) is 0 Å². The highest BCUT2D eigenvalue weighted by atomic mass is 35.5. The zero-order chi connectivity index (χ0) is 11.4. The van der Waals surface area contributed by atoms with Gasteiger partial charge in [-0.2, -0.15) is 0 Å². The Labute approximate surface area is 95.6 Å². The molecule has 0 fully saturated rings. The van der Waals surface area contributed by atoms with Crippen LogP contribution in [0.15, 0.2) is 23.2 Å². The van der Waals surface area contributed by atoms with Crippen LogP contribution in [0.3, 0.4) is 0 Å². The average Bonchev–Trinajstić information content (AvgIpc) is 2.20. The molecule has 1 rings (SSSR count). The Hall–Kier alpha value is -1.22. The van der Waals surface area contributed by atoms with E-state index in [1.807, 2.05) is 37.2 Å². The highest BCUT2D eigenvalue weighted by Gasteiger charge is 2.01. The van der Waals surface area contributed by atoms with Gasteiger partial charge in [-0.1, -0.05) is 6.07 Å². The molecule has 2 N–H and O–H groups in total. The summed E-state index contributed by atoms with van der Waals surface area (Å²) < 4.78 is 0. The van der Waals surface area contributed by atoms with E-state index in [0.29, 0.717) is 5.84 Å². The maximum Gasteiger partial charge on any atom is 0.115 e. The van der Waals surface area contributed by atoms with E-state index in [-0.39, 0.29) is 5.88 Å². The zero-order valence-electron chi connectivity index (χ0n) is 9.29. The van der Waals surface area contributed by atoms with Crippen LogP contribution < -0.4 is 10.6 Å². The molecule has 0 aliphatic carbocycles. The fourth-order valence-electron chi connectivity index (χ4n) is 1.34. The van der Waals surface area contributed by atoms with Crippen molar-refractivity contribution in [3.8, 4) is 0 Å². The van der Waals surface area contributed by atoms with Crippen molar-refractivity contribution in [2.24, 2.45) is 10.7 Å². The molecular weight excluding hydrogens is 210 g/mol. The van der Waals surface area contributed by atoms with Gasteiger partial charge in [0.05, 0.1) is 11.6 Å². The Morgan fingerprint density at radius 1 is 1.47 bits per heavy atom. The first-order valence-corrected chi connectivity index (χ1v) is 5.25. The van der Waals surface area contributed by atoms with Gasteiger partial charge >= 0.3 is 0 Å². The summed E-state index contributed by atoms with van der Waals surface area (Å²) in [5.41, 5.74) is 8.76. The summed E-state index contributed by atoms with van der Waals surface area (Å²) in [5, 5.41) is 0. The first-order chi connectivity index (χ1) is 7.04. The van der Waals surface area contributed by atoms with Gasteiger partial charge in [0.15, 0.2) is 0 Å². The van der Waals surface area contributed by atoms with E-state index in [2.05, 4.69) is 11.9 Å². The van der Waals surface area contributed by atoms with E-state index in [1.165, 1.54) is 5.56 Å². The van der Waals surface area contributed by atoms with Crippen molar-refractivity contribution in [1.29, 1.82) is 0 Å². The summed E-state index contributed by atoms with van der Waals surface area (Å²) in [5.74, 6) is 0.691. The van der Waals surface area contributed by atoms with Gasteiger partial charge in [-0.25, -0.2) is 4.99 Å². The number of nitrogens with two attached hydrogens (primary N) is 1. The summed E-state index contributed by atoms with van der Waals surface area (Å²) in [6.07, 6.45) is 0. The molecule has 0 aliphatic heterocycles. The minimum Gasteiger partial charge on any atom is -0.386 e. The predicted molar refractivity (Wildman–Crippen MR) is 67.5 cm³/mol. The molecule has 0 bridgehead atoms. The van der Waals surface area contributed by atoms with E-state index in [0.717, 1.165) is 11.4 Å². The Kier molecular flexibility index (Phi) is 3.97. The molecule has 0 aliphatic rings. The molecule has 0 spiro atoms. The number of amidine groups is 1. The molecule has 0 unspecified atom stereocenters. The topological polar surface area (TPSA) is 41.6 Å². The first kappa shape index (κ1) is 11.9. The van der Waals surface area contributed by atoms with Crippen LogP contribution in [0.4, 0.5) is 11.4 Å². The summed E-state index contributed by atoms with van der Waals surface area (Å²) >= 11 is 5.57. The molecule has 1 aromatic carbocycles. The van der Waals surface area contributed by atoms with Crippen LogP contribution in [0.1, 0.15) is 5.56 Å². The van der Waals surface area contributed by atoms with E-state index in [9.17, 15) is 0 Å². The van der Waals surface area contributed by atoms with Crippen LogP contribution in [0.25, 0.3) is 0 Å².